The van der Waals surface area contributed by atoms with Crippen molar-refractivity contribution in [3.63, 3.8) is 0 Å². The molecule has 4 heteroatoms. The van der Waals surface area contributed by atoms with Crippen molar-refractivity contribution >= 4 is 9.28 Å². The van der Waals surface area contributed by atoms with Crippen LogP contribution in [0.2, 0.25) is 6.04 Å². The maximum absolute atomic E-state index is 5.96. The first-order valence-corrected chi connectivity index (χ1v) is 9.92. The van der Waals surface area contributed by atoms with Crippen molar-refractivity contribution in [2.75, 3.05) is 26.3 Å². The van der Waals surface area contributed by atoms with Gasteiger partial charge in [0, 0.05) is 25.3 Å². The summed E-state index contributed by atoms with van der Waals surface area (Å²) in [7, 11) is -1.47. The first kappa shape index (κ1) is 19.1. The SMILES string of the molecule is CCCO[SiH](CC(C)N(CCC)CCC)OCCC. The van der Waals surface area contributed by atoms with Gasteiger partial charge in [-0.3, -0.25) is 0 Å². The van der Waals surface area contributed by atoms with Gasteiger partial charge in [0.15, 0.2) is 0 Å². The van der Waals surface area contributed by atoms with Gasteiger partial charge in [-0.05, 0) is 45.7 Å². The van der Waals surface area contributed by atoms with E-state index >= 15 is 0 Å². The van der Waals surface area contributed by atoms with Crippen LogP contribution in [0, 0.1) is 0 Å². The topological polar surface area (TPSA) is 21.7 Å². The molecule has 0 aliphatic heterocycles. The Kier molecular flexibility index (Phi) is 13.2. The Labute approximate surface area is 122 Å². The summed E-state index contributed by atoms with van der Waals surface area (Å²) in [6.07, 6.45) is 4.62. The fraction of sp³-hybridized carbons (Fsp3) is 1.00. The molecule has 0 bridgehead atoms. The summed E-state index contributed by atoms with van der Waals surface area (Å²) in [4.78, 5) is 2.59. The normalized spacial score (nSPS) is 13.4. The number of hydrogen-bond acceptors (Lipinski definition) is 3. The van der Waals surface area contributed by atoms with E-state index in [1.807, 2.05) is 0 Å². The third kappa shape index (κ3) is 9.60. The van der Waals surface area contributed by atoms with Crippen molar-refractivity contribution in [2.24, 2.45) is 0 Å². The lowest BCUT2D eigenvalue weighted by Crippen LogP contribution is -2.39. The molecule has 0 aliphatic carbocycles. The van der Waals surface area contributed by atoms with E-state index in [2.05, 4.69) is 39.5 Å². The minimum atomic E-state index is -1.47. The van der Waals surface area contributed by atoms with Crippen LogP contribution in [0.3, 0.4) is 0 Å². The molecule has 0 radical (unpaired) electrons. The monoisotopic (exact) mass is 289 g/mol. The molecule has 0 aliphatic rings. The fourth-order valence-corrected chi connectivity index (χ4v) is 4.46. The molecule has 0 fully saturated rings. The maximum Gasteiger partial charge on any atom is 0.322 e. The summed E-state index contributed by atoms with van der Waals surface area (Å²) in [5.41, 5.74) is 0. The van der Waals surface area contributed by atoms with Crippen LogP contribution in [0.4, 0.5) is 0 Å². The van der Waals surface area contributed by atoms with E-state index < -0.39 is 9.28 Å². The van der Waals surface area contributed by atoms with Gasteiger partial charge in [-0.25, -0.2) is 0 Å². The maximum atomic E-state index is 5.96. The molecule has 0 aromatic heterocycles. The zero-order chi connectivity index (χ0) is 14.5. The number of nitrogens with zero attached hydrogens (tertiary/aromatic N) is 1. The standard InChI is InChI=1S/C15H35NO2Si/c1-6-10-16(11-7-2)15(5)14-19(17-12-8-3)18-13-9-4/h15,19H,6-14H2,1-5H3. The van der Waals surface area contributed by atoms with E-state index in [0.717, 1.165) is 32.1 Å². The third-order valence-corrected chi connectivity index (χ3v) is 5.48. The summed E-state index contributed by atoms with van der Waals surface area (Å²) in [5, 5.41) is 0. The lowest BCUT2D eigenvalue weighted by molar-refractivity contribution is 0.171. The van der Waals surface area contributed by atoms with Crippen molar-refractivity contribution in [3.05, 3.63) is 0 Å². The lowest BCUT2D eigenvalue weighted by atomic mass is 10.2. The van der Waals surface area contributed by atoms with Gasteiger partial charge in [0.25, 0.3) is 0 Å². The van der Waals surface area contributed by atoms with Gasteiger partial charge in [-0.2, -0.15) is 0 Å². The molecule has 0 spiro atoms. The first-order chi connectivity index (χ1) is 9.19. The fourth-order valence-electron chi connectivity index (χ4n) is 2.24. The van der Waals surface area contributed by atoms with E-state index in [1.54, 1.807) is 0 Å². The van der Waals surface area contributed by atoms with Crippen molar-refractivity contribution < 1.29 is 8.85 Å². The van der Waals surface area contributed by atoms with Crippen LogP contribution in [-0.4, -0.2) is 46.5 Å². The summed E-state index contributed by atoms with van der Waals surface area (Å²) in [6, 6.07) is 1.70. The van der Waals surface area contributed by atoms with E-state index in [4.69, 9.17) is 8.85 Å². The first-order valence-electron chi connectivity index (χ1n) is 8.16. The Morgan fingerprint density at radius 3 is 1.68 bits per heavy atom. The second-order valence-electron chi connectivity index (χ2n) is 5.29. The molecule has 1 unspecified atom stereocenters. The van der Waals surface area contributed by atoms with Crippen LogP contribution in [0.15, 0.2) is 0 Å². The van der Waals surface area contributed by atoms with Gasteiger partial charge < -0.3 is 13.8 Å². The van der Waals surface area contributed by atoms with Gasteiger partial charge in [0.2, 0.25) is 0 Å². The quantitative estimate of drug-likeness (QED) is 0.484. The number of rotatable bonds is 13. The van der Waals surface area contributed by atoms with Crippen molar-refractivity contribution in [2.45, 2.75) is 72.4 Å². The highest BCUT2D eigenvalue weighted by atomic mass is 28.3. The molecule has 0 aromatic carbocycles. The van der Waals surface area contributed by atoms with Gasteiger partial charge in [0.05, 0.1) is 0 Å². The van der Waals surface area contributed by atoms with E-state index in [-0.39, 0.29) is 0 Å². The smallest absolute Gasteiger partial charge is 0.322 e. The largest absolute Gasteiger partial charge is 0.396 e. The second kappa shape index (κ2) is 13.1. The predicted molar refractivity (Wildman–Crippen MR) is 86.1 cm³/mol. The van der Waals surface area contributed by atoms with E-state index in [9.17, 15) is 0 Å². The highest BCUT2D eigenvalue weighted by Crippen LogP contribution is 2.11. The van der Waals surface area contributed by atoms with E-state index in [1.165, 1.54) is 25.9 Å². The van der Waals surface area contributed by atoms with Gasteiger partial charge in [0.1, 0.15) is 0 Å². The molecule has 0 heterocycles. The molecule has 3 nitrogen and oxygen atoms in total. The summed E-state index contributed by atoms with van der Waals surface area (Å²) < 4.78 is 11.9. The lowest BCUT2D eigenvalue weighted by Gasteiger charge is -2.30. The summed E-state index contributed by atoms with van der Waals surface area (Å²) in [5.74, 6) is 0. The third-order valence-electron chi connectivity index (χ3n) is 3.19. The molecule has 0 saturated heterocycles. The van der Waals surface area contributed by atoms with Crippen LogP contribution in [0.25, 0.3) is 0 Å². The highest BCUT2D eigenvalue weighted by Gasteiger charge is 2.21. The predicted octanol–water partition coefficient (Wildman–Crippen LogP) is 3.57. The Bertz CT molecular complexity index is 179. The minimum absolute atomic E-state index is 0.588. The van der Waals surface area contributed by atoms with Crippen LogP contribution in [0.1, 0.15) is 60.3 Å². The van der Waals surface area contributed by atoms with Crippen LogP contribution >= 0.6 is 0 Å². The second-order valence-corrected chi connectivity index (χ2v) is 7.29. The molecule has 0 N–H and O–H groups in total. The average Bonchev–Trinajstić information content (AvgIpc) is 2.41. The molecule has 116 valence electrons. The van der Waals surface area contributed by atoms with Crippen molar-refractivity contribution in [3.8, 4) is 0 Å². The van der Waals surface area contributed by atoms with Crippen molar-refractivity contribution in [1.82, 2.24) is 4.90 Å². The molecular formula is C15H35NO2Si. The van der Waals surface area contributed by atoms with Gasteiger partial charge in [-0.1, -0.05) is 27.7 Å². The van der Waals surface area contributed by atoms with Gasteiger partial charge >= 0.3 is 9.28 Å². The Balaban J connectivity index is 4.25. The summed E-state index contributed by atoms with van der Waals surface area (Å²) in [6.45, 7) is 15.3. The summed E-state index contributed by atoms with van der Waals surface area (Å²) >= 11 is 0. The Morgan fingerprint density at radius 1 is 0.842 bits per heavy atom. The zero-order valence-corrected chi connectivity index (χ0v) is 14.9. The Hall–Kier alpha value is 0.0969. The molecular weight excluding hydrogens is 254 g/mol. The molecule has 0 rings (SSSR count). The highest BCUT2D eigenvalue weighted by molar-refractivity contribution is 6.44. The molecule has 19 heavy (non-hydrogen) atoms. The average molecular weight is 290 g/mol. The van der Waals surface area contributed by atoms with Crippen LogP contribution in [-0.2, 0) is 8.85 Å². The van der Waals surface area contributed by atoms with Crippen LogP contribution < -0.4 is 0 Å². The van der Waals surface area contributed by atoms with Gasteiger partial charge in [-0.15, -0.1) is 0 Å². The van der Waals surface area contributed by atoms with Crippen LogP contribution in [0.5, 0.6) is 0 Å². The minimum Gasteiger partial charge on any atom is -0.396 e. The number of hydrogen-bond donors (Lipinski definition) is 0. The molecule has 0 aromatic rings. The van der Waals surface area contributed by atoms with E-state index in [0.29, 0.717) is 6.04 Å². The molecule has 1 atom stereocenters. The Morgan fingerprint density at radius 2 is 1.32 bits per heavy atom. The molecule has 0 amide bonds. The zero-order valence-electron chi connectivity index (χ0n) is 13.8. The molecule has 0 saturated carbocycles. The van der Waals surface area contributed by atoms with Crippen molar-refractivity contribution in [1.29, 1.82) is 0 Å².